The molecule has 2 aromatic rings. The quantitative estimate of drug-likeness (QED) is 0.895. The molecule has 1 aromatic heterocycles. The number of halogens is 1. The van der Waals surface area contributed by atoms with Gasteiger partial charge in [-0.25, -0.2) is 0 Å². The first-order valence-electron chi connectivity index (χ1n) is 8.03. The number of hydrogen-bond donors (Lipinski definition) is 1. The molecule has 2 heterocycles. The molecule has 1 saturated heterocycles. The average Bonchev–Trinajstić information content (AvgIpc) is 3.05. The molecule has 3 rings (SSSR count). The Labute approximate surface area is 148 Å². The fraction of sp³-hybridized carbons (Fsp3) is 0.389. The van der Waals surface area contributed by atoms with Crippen LogP contribution in [0.1, 0.15) is 23.4 Å². The van der Waals surface area contributed by atoms with Crippen molar-refractivity contribution in [3.8, 4) is 11.7 Å². The van der Waals surface area contributed by atoms with Crippen LogP contribution in [0.15, 0.2) is 46.9 Å². The number of ether oxygens (including phenoxy) is 1. The van der Waals surface area contributed by atoms with Crippen molar-refractivity contribution >= 4 is 18.3 Å². The lowest BCUT2D eigenvalue weighted by Crippen LogP contribution is -2.40. The van der Waals surface area contributed by atoms with Crippen molar-refractivity contribution in [2.75, 3.05) is 26.7 Å². The summed E-state index contributed by atoms with van der Waals surface area (Å²) in [5.74, 6) is 1.95. The van der Waals surface area contributed by atoms with Gasteiger partial charge in [0, 0.05) is 19.2 Å². The molecule has 0 aliphatic carbocycles. The number of nitrogens with one attached hydrogen (secondary N) is 1. The van der Waals surface area contributed by atoms with Crippen LogP contribution in [0.3, 0.4) is 0 Å². The largest absolute Gasteiger partial charge is 0.426 e. The number of nitrogens with zero attached hydrogens (tertiary/aromatic N) is 1. The van der Waals surface area contributed by atoms with Gasteiger partial charge in [0.1, 0.15) is 5.75 Å². The first-order valence-corrected chi connectivity index (χ1v) is 8.03. The smallest absolute Gasteiger partial charge is 0.290 e. The van der Waals surface area contributed by atoms with Crippen LogP contribution in [0.25, 0.3) is 0 Å². The predicted molar refractivity (Wildman–Crippen MR) is 95.0 cm³/mol. The number of benzene rings is 1. The Hall–Kier alpha value is -1.98. The summed E-state index contributed by atoms with van der Waals surface area (Å²) in [6.07, 6.45) is 2.06. The molecule has 1 amide bonds. The van der Waals surface area contributed by atoms with E-state index in [0.717, 1.165) is 32.5 Å². The summed E-state index contributed by atoms with van der Waals surface area (Å²) >= 11 is 0. The molecule has 130 valence electrons. The van der Waals surface area contributed by atoms with E-state index in [1.54, 1.807) is 12.1 Å². The van der Waals surface area contributed by atoms with Crippen molar-refractivity contribution in [3.63, 3.8) is 0 Å². The lowest BCUT2D eigenvalue weighted by Gasteiger charge is -2.31. The van der Waals surface area contributed by atoms with E-state index in [1.807, 2.05) is 42.3 Å². The second-order valence-corrected chi connectivity index (χ2v) is 5.83. The number of para-hydroxylation sites is 1. The van der Waals surface area contributed by atoms with Gasteiger partial charge in [-0.1, -0.05) is 18.2 Å². The summed E-state index contributed by atoms with van der Waals surface area (Å²) in [6, 6.07) is 12.8. The molecule has 0 spiro atoms. The van der Waals surface area contributed by atoms with E-state index in [1.165, 1.54) is 0 Å². The predicted octanol–water partition coefficient (Wildman–Crippen LogP) is 3.57. The van der Waals surface area contributed by atoms with Gasteiger partial charge in [-0.05, 0) is 50.6 Å². The molecule has 0 atom stereocenters. The van der Waals surface area contributed by atoms with Gasteiger partial charge < -0.3 is 19.4 Å². The maximum absolute atomic E-state index is 12.5. The SMILES string of the molecule is CNCC1CCN(C(=O)c2ccc(Oc3ccccc3)o2)CC1.Cl. The van der Waals surface area contributed by atoms with Crippen LogP contribution in [-0.4, -0.2) is 37.5 Å². The first-order chi connectivity index (χ1) is 11.3. The second kappa shape index (κ2) is 8.76. The maximum atomic E-state index is 12.5. The summed E-state index contributed by atoms with van der Waals surface area (Å²) in [6.45, 7) is 2.57. The van der Waals surface area contributed by atoms with Gasteiger partial charge >= 0.3 is 0 Å². The number of carbonyl (C=O) groups is 1. The molecule has 0 radical (unpaired) electrons. The van der Waals surface area contributed by atoms with Gasteiger partial charge in [-0.3, -0.25) is 4.79 Å². The number of hydrogen-bond acceptors (Lipinski definition) is 4. The molecular weight excluding hydrogens is 328 g/mol. The molecule has 1 N–H and O–H groups in total. The molecule has 1 aromatic carbocycles. The van der Waals surface area contributed by atoms with Crippen LogP contribution >= 0.6 is 12.4 Å². The van der Waals surface area contributed by atoms with Crippen molar-refractivity contribution in [2.24, 2.45) is 5.92 Å². The Morgan fingerprint density at radius 2 is 1.92 bits per heavy atom. The van der Waals surface area contributed by atoms with E-state index < -0.39 is 0 Å². The summed E-state index contributed by atoms with van der Waals surface area (Å²) in [5, 5.41) is 3.20. The third-order valence-electron chi connectivity index (χ3n) is 4.15. The first kappa shape index (κ1) is 18.4. The summed E-state index contributed by atoms with van der Waals surface area (Å²) in [7, 11) is 1.97. The highest BCUT2D eigenvalue weighted by atomic mass is 35.5. The molecule has 1 aliphatic rings. The molecular formula is C18H23ClN2O3. The normalized spacial score (nSPS) is 15.0. The monoisotopic (exact) mass is 350 g/mol. The average molecular weight is 351 g/mol. The zero-order valence-corrected chi connectivity index (χ0v) is 14.6. The molecule has 0 unspecified atom stereocenters. The van der Waals surface area contributed by atoms with E-state index in [9.17, 15) is 4.79 Å². The second-order valence-electron chi connectivity index (χ2n) is 5.83. The molecule has 24 heavy (non-hydrogen) atoms. The number of rotatable bonds is 5. The van der Waals surface area contributed by atoms with Crippen molar-refractivity contribution in [1.29, 1.82) is 0 Å². The standard InChI is InChI=1S/C18H22N2O3.ClH/c1-19-13-14-9-11-20(12-10-14)18(21)16-7-8-17(23-16)22-15-5-3-2-4-6-15;/h2-8,14,19H,9-13H2,1H3;1H. The zero-order chi connectivity index (χ0) is 16.1. The van der Waals surface area contributed by atoms with Gasteiger partial charge in [0.2, 0.25) is 0 Å². The van der Waals surface area contributed by atoms with E-state index in [2.05, 4.69) is 5.32 Å². The lowest BCUT2D eigenvalue weighted by atomic mass is 9.97. The number of carbonyl (C=O) groups excluding carboxylic acids is 1. The minimum atomic E-state index is -0.0594. The number of amides is 1. The van der Waals surface area contributed by atoms with Gasteiger partial charge in [-0.2, -0.15) is 0 Å². The molecule has 0 saturated carbocycles. The zero-order valence-electron chi connectivity index (χ0n) is 13.7. The molecule has 0 bridgehead atoms. The Kier molecular flexibility index (Phi) is 6.70. The van der Waals surface area contributed by atoms with Crippen LogP contribution in [0, 0.1) is 5.92 Å². The van der Waals surface area contributed by atoms with Crippen LogP contribution in [0.4, 0.5) is 0 Å². The highest BCUT2D eigenvalue weighted by molar-refractivity contribution is 5.91. The number of piperidine rings is 1. The number of likely N-dealkylation sites (tertiary alicyclic amines) is 1. The Morgan fingerprint density at radius 3 is 2.58 bits per heavy atom. The third kappa shape index (κ3) is 4.52. The summed E-state index contributed by atoms with van der Waals surface area (Å²) in [5.41, 5.74) is 0. The van der Waals surface area contributed by atoms with Gasteiger partial charge in [0.25, 0.3) is 11.9 Å². The fourth-order valence-electron chi connectivity index (χ4n) is 2.88. The van der Waals surface area contributed by atoms with Crippen LogP contribution < -0.4 is 10.1 Å². The van der Waals surface area contributed by atoms with Gasteiger partial charge in [-0.15, -0.1) is 12.4 Å². The molecule has 1 fully saturated rings. The Balaban J connectivity index is 0.00000208. The van der Waals surface area contributed by atoms with E-state index in [4.69, 9.17) is 9.15 Å². The summed E-state index contributed by atoms with van der Waals surface area (Å²) in [4.78, 5) is 14.3. The lowest BCUT2D eigenvalue weighted by molar-refractivity contribution is 0.0654. The van der Waals surface area contributed by atoms with Crippen LogP contribution in [0.2, 0.25) is 0 Å². The van der Waals surface area contributed by atoms with Gasteiger partial charge in [0.15, 0.2) is 5.76 Å². The summed E-state index contributed by atoms with van der Waals surface area (Å²) < 4.78 is 11.2. The van der Waals surface area contributed by atoms with E-state index >= 15 is 0 Å². The van der Waals surface area contributed by atoms with E-state index in [-0.39, 0.29) is 18.3 Å². The molecule has 1 aliphatic heterocycles. The maximum Gasteiger partial charge on any atom is 0.290 e. The van der Waals surface area contributed by atoms with Crippen molar-refractivity contribution in [3.05, 3.63) is 48.2 Å². The van der Waals surface area contributed by atoms with Crippen LogP contribution in [0.5, 0.6) is 11.7 Å². The van der Waals surface area contributed by atoms with Crippen molar-refractivity contribution in [2.45, 2.75) is 12.8 Å². The fourth-order valence-corrected chi connectivity index (χ4v) is 2.88. The minimum absolute atomic E-state index is 0. The Bertz CT molecular complexity index is 637. The van der Waals surface area contributed by atoms with Gasteiger partial charge in [0.05, 0.1) is 0 Å². The van der Waals surface area contributed by atoms with Crippen LogP contribution in [-0.2, 0) is 0 Å². The van der Waals surface area contributed by atoms with Crippen molar-refractivity contribution in [1.82, 2.24) is 10.2 Å². The highest BCUT2D eigenvalue weighted by Crippen LogP contribution is 2.25. The number of furan rings is 1. The topological polar surface area (TPSA) is 54.7 Å². The third-order valence-corrected chi connectivity index (χ3v) is 4.15. The minimum Gasteiger partial charge on any atom is -0.426 e. The molecule has 5 nitrogen and oxygen atoms in total. The Morgan fingerprint density at radius 1 is 1.21 bits per heavy atom. The molecule has 6 heteroatoms. The van der Waals surface area contributed by atoms with E-state index in [0.29, 0.717) is 23.4 Å². The highest BCUT2D eigenvalue weighted by Gasteiger charge is 2.25. The van der Waals surface area contributed by atoms with Crippen molar-refractivity contribution < 1.29 is 13.9 Å².